The van der Waals surface area contributed by atoms with E-state index in [1.54, 1.807) is 17.1 Å². The number of aryl methyl sites for hydroxylation is 1. The summed E-state index contributed by atoms with van der Waals surface area (Å²) in [4.78, 5) is 28.0. The van der Waals surface area contributed by atoms with Crippen LogP contribution < -0.4 is 4.90 Å². The fraction of sp³-hybridized carbons (Fsp3) is 0.550. The van der Waals surface area contributed by atoms with Crippen molar-refractivity contribution in [1.29, 1.82) is 0 Å². The van der Waals surface area contributed by atoms with Gasteiger partial charge in [-0.2, -0.15) is 0 Å². The van der Waals surface area contributed by atoms with Gasteiger partial charge in [0.15, 0.2) is 0 Å². The van der Waals surface area contributed by atoms with E-state index in [1.165, 1.54) is 0 Å². The van der Waals surface area contributed by atoms with Crippen molar-refractivity contribution in [2.45, 2.75) is 26.7 Å². The van der Waals surface area contributed by atoms with Gasteiger partial charge in [-0.3, -0.25) is 9.69 Å². The Balaban J connectivity index is 1.93. The quantitative estimate of drug-likeness (QED) is 0.668. The van der Waals surface area contributed by atoms with Gasteiger partial charge >= 0.3 is 0 Å². The van der Waals surface area contributed by atoms with Gasteiger partial charge < -0.3 is 9.80 Å². The van der Waals surface area contributed by atoms with Crippen molar-refractivity contribution in [3.05, 3.63) is 42.9 Å². The van der Waals surface area contributed by atoms with Crippen LogP contribution in [0.2, 0.25) is 0 Å². The normalized spacial score (nSPS) is 15.2. The second kappa shape index (κ2) is 9.48. The van der Waals surface area contributed by atoms with Crippen molar-refractivity contribution < 1.29 is 4.79 Å². The lowest BCUT2D eigenvalue weighted by molar-refractivity contribution is -0.131. The standard InChI is InChI=1S/C20H31N5O/c1-6-8-25(9-7-2)19(26)15-23-10-12-24(13-11-23)18-14-17(5)21-20(22-18)16(3)4/h6-7,14,16H,1-2,8-13,15H2,3-5H3. The lowest BCUT2D eigenvalue weighted by atomic mass is 10.2. The number of nitrogens with zero attached hydrogens (tertiary/aromatic N) is 5. The van der Waals surface area contributed by atoms with Gasteiger partial charge in [-0.25, -0.2) is 9.97 Å². The van der Waals surface area contributed by atoms with Crippen LogP contribution in [0.3, 0.4) is 0 Å². The molecule has 26 heavy (non-hydrogen) atoms. The topological polar surface area (TPSA) is 52.6 Å². The number of hydrogen-bond acceptors (Lipinski definition) is 5. The molecular formula is C20H31N5O. The summed E-state index contributed by atoms with van der Waals surface area (Å²) < 4.78 is 0. The summed E-state index contributed by atoms with van der Waals surface area (Å²) >= 11 is 0. The molecule has 0 unspecified atom stereocenters. The van der Waals surface area contributed by atoms with E-state index in [1.807, 2.05) is 13.0 Å². The molecule has 1 aromatic heterocycles. The number of piperazine rings is 1. The van der Waals surface area contributed by atoms with E-state index >= 15 is 0 Å². The molecule has 0 aromatic carbocycles. The highest BCUT2D eigenvalue weighted by Crippen LogP contribution is 2.18. The van der Waals surface area contributed by atoms with E-state index in [0.717, 1.165) is 43.5 Å². The Morgan fingerprint density at radius 2 is 1.81 bits per heavy atom. The second-order valence-corrected chi connectivity index (χ2v) is 7.02. The predicted molar refractivity (Wildman–Crippen MR) is 106 cm³/mol. The maximum Gasteiger partial charge on any atom is 0.237 e. The first-order chi connectivity index (χ1) is 12.4. The van der Waals surface area contributed by atoms with E-state index in [0.29, 0.717) is 25.6 Å². The highest BCUT2D eigenvalue weighted by molar-refractivity contribution is 5.78. The van der Waals surface area contributed by atoms with E-state index in [9.17, 15) is 4.79 Å². The zero-order chi connectivity index (χ0) is 19.1. The Kier molecular flexibility index (Phi) is 7.33. The Hall–Kier alpha value is -2.21. The summed E-state index contributed by atoms with van der Waals surface area (Å²) in [6, 6.07) is 2.04. The fourth-order valence-corrected chi connectivity index (χ4v) is 3.01. The minimum Gasteiger partial charge on any atom is -0.354 e. The molecular weight excluding hydrogens is 326 g/mol. The summed E-state index contributed by atoms with van der Waals surface area (Å²) in [6.45, 7) is 18.7. The number of anilines is 1. The summed E-state index contributed by atoms with van der Waals surface area (Å²) in [5.41, 5.74) is 1.00. The molecule has 1 saturated heterocycles. The van der Waals surface area contributed by atoms with Crippen LogP contribution in [0.1, 0.15) is 31.3 Å². The maximum atomic E-state index is 12.5. The molecule has 2 heterocycles. The number of carbonyl (C=O) groups excluding carboxylic acids is 1. The van der Waals surface area contributed by atoms with Crippen LogP contribution in [0.4, 0.5) is 5.82 Å². The number of aromatic nitrogens is 2. The molecule has 1 aromatic rings. The molecule has 0 spiro atoms. The molecule has 0 atom stereocenters. The molecule has 1 aliphatic heterocycles. The largest absolute Gasteiger partial charge is 0.354 e. The van der Waals surface area contributed by atoms with Gasteiger partial charge in [0.25, 0.3) is 0 Å². The van der Waals surface area contributed by atoms with E-state index in [-0.39, 0.29) is 5.91 Å². The monoisotopic (exact) mass is 357 g/mol. The second-order valence-electron chi connectivity index (χ2n) is 7.02. The van der Waals surface area contributed by atoms with Gasteiger partial charge in [0.05, 0.1) is 6.54 Å². The van der Waals surface area contributed by atoms with Crippen LogP contribution in [0.15, 0.2) is 31.4 Å². The lowest BCUT2D eigenvalue weighted by Crippen LogP contribution is -2.50. The first kappa shape index (κ1) is 20.1. The van der Waals surface area contributed by atoms with Crippen LogP contribution in [-0.4, -0.2) is 71.5 Å². The first-order valence-corrected chi connectivity index (χ1v) is 9.27. The average Bonchev–Trinajstić information content (AvgIpc) is 2.61. The van der Waals surface area contributed by atoms with Crippen molar-refractivity contribution >= 4 is 11.7 Å². The third-order valence-electron chi connectivity index (χ3n) is 4.48. The van der Waals surface area contributed by atoms with E-state index in [4.69, 9.17) is 4.98 Å². The number of amides is 1. The van der Waals surface area contributed by atoms with E-state index < -0.39 is 0 Å². The SMILES string of the molecule is C=CCN(CC=C)C(=O)CN1CCN(c2cc(C)nc(C(C)C)n2)CC1. The Morgan fingerprint density at radius 1 is 1.19 bits per heavy atom. The molecule has 2 rings (SSSR count). The molecule has 6 nitrogen and oxygen atoms in total. The van der Waals surface area contributed by atoms with Crippen LogP contribution in [0, 0.1) is 6.92 Å². The Morgan fingerprint density at radius 3 is 2.35 bits per heavy atom. The van der Waals surface area contributed by atoms with Crippen molar-refractivity contribution in [1.82, 2.24) is 19.8 Å². The van der Waals surface area contributed by atoms with Gasteiger partial charge in [0, 0.05) is 56.9 Å². The molecule has 0 N–H and O–H groups in total. The zero-order valence-electron chi connectivity index (χ0n) is 16.3. The molecule has 0 radical (unpaired) electrons. The van der Waals surface area contributed by atoms with E-state index in [2.05, 4.69) is 41.8 Å². The average molecular weight is 358 g/mol. The number of rotatable bonds is 8. The minimum absolute atomic E-state index is 0.123. The molecule has 0 bridgehead atoms. The molecule has 1 fully saturated rings. The molecule has 0 saturated carbocycles. The number of carbonyl (C=O) groups is 1. The van der Waals surface area contributed by atoms with Crippen molar-refractivity contribution in [2.75, 3.05) is 50.7 Å². The van der Waals surface area contributed by atoms with Crippen LogP contribution in [-0.2, 0) is 4.79 Å². The lowest BCUT2D eigenvalue weighted by Gasteiger charge is -2.36. The van der Waals surface area contributed by atoms with Gasteiger partial charge in [0.2, 0.25) is 5.91 Å². The molecule has 142 valence electrons. The zero-order valence-corrected chi connectivity index (χ0v) is 16.3. The van der Waals surface area contributed by atoms with Crippen molar-refractivity contribution in [2.24, 2.45) is 0 Å². The predicted octanol–water partition coefficient (Wildman–Crippen LogP) is 2.23. The maximum absolute atomic E-state index is 12.5. The molecule has 6 heteroatoms. The van der Waals surface area contributed by atoms with Gasteiger partial charge in [-0.1, -0.05) is 26.0 Å². The van der Waals surface area contributed by atoms with Crippen LogP contribution >= 0.6 is 0 Å². The highest BCUT2D eigenvalue weighted by atomic mass is 16.2. The summed E-state index contributed by atoms with van der Waals surface area (Å²) in [6.07, 6.45) is 3.51. The van der Waals surface area contributed by atoms with Gasteiger partial charge in [0.1, 0.15) is 11.6 Å². The van der Waals surface area contributed by atoms with Crippen molar-refractivity contribution in [3.63, 3.8) is 0 Å². The highest BCUT2D eigenvalue weighted by Gasteiger charge is 2.22. The molecule has 0 aliphatic carbocycles. The first-order valence-electron chi connectivity index (χ1n) is 9.27. The van der Waals surface area contributed by atoms with Crippen molar-refractivity contribution in [3.8, 4) is 0 Å². The van der Waals surface area contributed by atoms with Gasteiger partial charge in [-0.15, -0.1) is 13.2 Å². The summed E-state index contributed by atoms with van der Waals surface area (Å²) in [5, 5.41) is 0. The number of hydrogen-bond donors (Lipinski definition) is 0. The van der Waals surface area contributed by atoms with Crippen LogP contribution in [0.5, 0.6) is 0 Å². The Bertz CT molecular complexity index is 625. The molecule has 1 aliphatic rings. The third-order valence-corrected chi connectivity index (χ3v) is 4.48. The summed E-state index contributed by atoms with van der Waals surface area (Å²) in [5.74, 6) is 2.32. The Labute approximate surface area is 157 Å². The van der Waals surface area contributed by atoms with Gasteiger partial charge in [-0.05, 0) is 6.92 Å². The summed E-state index contributed by atoms with van der Waals surface area (Å²) in [7, 11) is 0. The minimum atomic E-state index is 0.123. The third kappa shape index (κ3) is 5.39. The smallest absolute Gasteiger partial charge is 0.237 e. The fourth-order valence-electron chi connectivity index (χ4n) is 3.01. The molecule has 1 amide bonds. The van der Waals surface area contributed by atoms with Crippen LogP contribution in [0.25, 0.3) is 0 Å².